The lowest BCUT2D eigenvalue weighted by Gasteiger charge is -2.11. The normalized spacial score (nSPS) is 10.5. The van der Waals surface area contributed by atoms with Crippen LogP contribution in [0.15, 0.2) is 82.8 Å². The van der Waals surface area contributed by atoms with Crippen LogP contribution in [0.4, 0.5) is 21.8 Å². The molecule has 4 rings (SSSR count). The molecule has 2 aromatic carbocycles. The van der Waals surface area contributed by atoms with Crippen molar-refractivity contribution in [2.24, 2.45) is 0 Å². The standard InChI is InChI=1S/C22H18FN5O2S/c1-29-15-3-5-16(6-4-15)30-21-13-20(27-22(24)28-21)26-14-2-7-19(18(23)12-14)31-17-8-10-25-11-9-17/h2-13H,1H3,(H3,24,26,27,28). The van der Waals surface area contributed by atoms with Gasteiger partial charge in [-0.05, 0) is 54.6 Å². The summed E-state index contributed by atoms with van der Waals surface area (Å²) in [5, 5.41) is 3.03. The van der Waals surface area contributed by atoms with Gasteiger partial charge >= 0.3 is 0 Å². The van der Waals surface area contributed by atoms with Crippen LogP contribution >= 0.6 is 11.8 Å². The molecule has 0 amide bonds. The first-order valence-corrected chi connectivity index (χ1v) is 10.0. The molecule has 0 unspecified atom stereocenters. The molecular formula is C22H18FN5O2S. The molecule has 0 saturated heterocycles. The minimum absolute atomic E-state index is 0.0267. The van der Waals surface area contributed by atoms with Crippen molar-refractivity contribution in [1.82, 2.24) is 15.0 Å². The predicted octanol–water partition coefficient (Wildman–Crippen LogP) is 5.29. The minimum Gasteiger partial charge on any atom is -0.497 e. The Morgan fingerprint density at radius 2 is 1.68 bits per heavy atom. The Hall–Kier alpha value is -3.85. The predicted molar refractivity (Wildman–Crippen MR) is 118 cm³/mol. The lowest BCUT2D eigenvalue weighted by atomic mass is 10.3. The number of nitrogens with one attached hydrogen (secondary N) is 1. The van der Waals surface area contributed by atoms with E-state index in [-0.39, 0.29) is 17.6 Å². The van der Waals surface area contributed by atoms with Gasteiger partial charge in [0.2, 0.25) is 11.8 Å². The number of rotatable bonds is 7. The second-order valence-electron chi connectivity index (χ2n) is 6.28. The number of nitrogens with two attached hydrogens (primary N) is 1. The number of pyridine rings is 1. The molecule has 0 fully saturated rings. The third-order valence-electron chi connectivity index (χ3n) is 4.08. The second-order valence-corrected chi connectivity index (χ2v) is 7.40. The van der Waals surface area contributed by atoms with Crippen LogP contribution in [0, 0.1) is 5.82 Å². The van der Waals surface area contributed by atoms with Gasteiger partial charge in [-0.3, -0.25) is 4.98 Å². The number of anilines is 3. The molecule has 0 radical (unpaired) electrons. The third-order valence-corrected chi connectivity index (χ3v) is 5.14. The van der Waals surface area contributed by atoms with Crippen LogP contribution in [0.1, 0.15) is 0 Å². The number of hydrogen-bond donors (Lipinski definition) is 2. The maximum Gasteiger partial charge on any atom is 0.226 e. The number of benzene rings is 2. The van der Waals surface area contributed by atoms with Crippen molar-refractivity contribution in [2.45, 2.75) is 9.79 Å². The lowest BCUT2D eigenvalue weighted by molar-refractivity contribution is 0.412. The molecule has 0 aliphatic carbocycles. The largest absolute Gasteiger partial charge is 0.497 e. The van der Waals surface area contributed by atoms with Gasteiger partial charge in [-0.15, -0.1) is 0 Å². The highest BCUT2D eigenvalue weighted by Crippen LogP contribution is 2.32. The van der Waals surface area contributed by atoms with E-state index in [0.717, 1.165) is 4.90 Å². The van der Waals surface area contributed by atoms with Gasteiger partial charge in [-0.25, -0.2) is 4.39 Å². The zero-order valence-electron chi connectivity index (χ0n) is 16.4. The minimum atomic E-state index is -0.358. The van der Waals surface area contributed by atoms with E-state index in [4.69, 9.17) is 15.2 Å². The Morgan fingerprint density at radius 1 is 0.935 bits per heavy atom. The van der Waals surface area contributed by atoms with Crippen molar-refractivity contribution in [1.29, 1.82) is 0 Å². The van der Waals surface area contributed by atoms with E-state index in [1.807, 2.05) is 12.1 Å². The van der Waals surface area contributed by atoms with Gasteiger partial charge in [-0.2, -0.15) is 9.97 Å². The molecular weight excluding hydrogens is 417 g/mol. The summed E-state index contributed by atoms with van der Waals surface area (Å²) < 4.78 is 25.4. The highest BCUT2D eigenvalue weighted by atomic mass is 32.2. The van der Waals surface area contributed by atoms with Gasteiger partial charge in [0.05, 0.1) is 7.11 Å². The number of ether oxygens (including phenoxy) is 2. The Balaban J connectivity index is 1.49. The molecule has 0 bridgehead atoms. The van der Waals surface area contributed by atoms with Gasteiger partial charge < -0.3 is 20.5 Å². The first kappa shape index (κ1) is 20.4. The summed E-state index contributed by atoms with van der Waals surface area (Å²) in [6.07, 6.45) is 3.34. The Morgan fingerprint density at radius 3 is 2.39 bits per heavy atom. The van der Waals surface area contributed by atoms with E-state index in [1.165, 1.54) is 17.8 Å². The number of nitrogen functional groups attached to an aromatic ring is 1. The monoisotopic (exact) mass is 435 g/mol. The molecule has 0 saturated carbocycles. The van der Waals surface area contributed by atoms with E-state index < -0.39 is 0 Å². The summed E-state index contributed by atoms with van der Waals surface area (Å²) in [7, 11) is 1.59. The van der Waals surface area contributed by atoms with E-state index >= 15 is 0 Å². The van der Waals surface area contributed by atoms with Crippen LogP contribution in [0.25, 0.3) is 0 Å². The summed E-state index contributed by atoms with van der Waals surface area (Å²) in [6, 6.07) is 17.1. The molecule has 9 heteroatoms. The van der Waals surface area contributed by atoms with Crippen molar-refractivity contribution in [3.63, 3.8) is 0 Å². The van der Waals surface area contributed by atoms with Crippen molar-refractivity contribution in [2.75, 3.05) is 18.2 Å². The van der Waals surface area contributed by atoms with E-state index in [9.17, 15) is 4.39 Å². The second kappa shape index (κ2) is 9.31. The number of hydrogen-bond acceptors (Lipinski definition) is 8. The van der Waals surface area contributed by atoms with Crippen LogP contribution in [-0.2, 0) is 0 Å². The quantitative estimate of drug-likeness (QED) is 0.404. The molecule has 0 aliphatic heterocycles. The summed E-state index contributed by atoms with van der Waals surface area (Å²) in [6.45, 7) is 0. The summed E-state index contributed by atoms with van der Waals surface area (Å²) in [5.41, 5.74) is 6.33. The fourth-order valence-electron chi connectivity index (χ4n) is 2.67. The maximum atomic E-state index is 14.6. The molecule has 0 atom stereocenters. The van der Waals surface area contributed by atoms with Gasteiger partial charge in [0.25, 0.3) is 0 Å². The number of methoxy groups -OCH3 is 1. The Labute approximate surface area is 182 Å². The molecule has 31 heavy (non-hydrogen) atoms. The van der Waals surface area contributed by atoms with Crippen molar-refractivity contribution < 1.29 is 13.9 Å². The molecule has 3 N–H and O–H groups in total. The number of aromatic nitrogens is 3. The highest BCUT2D eigenvalue weighted by Gasteiger charge is 2.09. The highest BCUT2D eigenvalue weighted by molar-refractivity contribution is 7.99. The van der Waals surface area contributed by atoms with Crippen molar-refractivity contribution >= 4 is 29.2 Å². The molecule has 7 nitrogen and oxygen atoms in total. The summed E-state index contributed by atoms with van der Waals surface area (Å²) in [5.74, 6) is 1.58. The maximum absolute atomic E-state index is 14.6. The summed E-state index contributed by atoms with van der Waals surface area (Å²) >= 11 is 1.32. The van der Waals surface area contributed by atoms with Crippen LogP contribution in [0.5, 0.6) is 17.4 Å². The Kier molecular flexibility index (Phi) is 6.13. The fourth-order valence-corrected chi connectivity index (χ4v) is 3.47. The lowest BCUT2D eigenvalue weighted by Crippen LogP contribution is -2.02. The van der Waals surface area contributed by atoms with Crippen LogP contribution in [-0.4, -0.2) is 22.1 Å². The summed E-state index contributed by atoms with van der Waals surface area (Å²) in [4.78, 5) is 13.6. The van der Waals surface area contributed by atoms with Gasteiger partial charge in [0.15, 0.2) is 0 Å². The molecule has 0 spiro atoms. The molecule has 4 aromatic rings. The molecule has 0 aliphatic rings. The SMILES string of the molecule is COc1ccc(Oc2cc(Nc3ccc(Sc4ccncc4)c(F)c3)nc(N)n2)cc1. The smallest absolute Gasteiger partial charge is 0.226 e. The van der Waals surface area contributed by atoms with Gasteiger partial charge in [0, 0.05) is 33.9 Å². The first-order chi connectivity index (χ1) is 15.1. The number of nitrogens with zero attached hydrogens (tertiary/aromatic N) is 3. The van der Waals surface area contributed by atoms with Gasteiger partial charge in [-0.1, -0.05) is 11.8 Å². The zero-order valence-corrected chi connectivity index (χ0v) is 17.3. The Bertz CT molecular complexity index is 1180. The average molecular weight is 435 g/mol. The number of halogens is 1. The van der Waals surface area contributed by atoms with Crippen molar-refractivity contribution in [3.05, 3.63) is 78.9 Å². The topological polar surface area (TPSA) is 95.2 Å². The van der Waals surface area contributed by atoms with Crippen molar-refractivity contribution in [3.8, 4) is 17.4 Å². The van der Waals surface area contributed by atoms with Gasteiger partial charge in [0.1, 0.15) is 23.1 Å². The average Bonchev–Trinajstić information content (AvgIpc) is 2.76. The van der Waals surface area contributed by atoms with Crippen LogP contribution in [0.2, 0.25) is 0 Å². The fraction of sp³-hybridized carbons (Fsp3) is 0.0455. The molecule has 156 valence electrons. The third kappa shape index (κ3) is 5.40. The molecule has 2 aromatic heterocycles. The van der Waals surface area contributed by atoms with E-state index in [0.29, 0.717) is 27.9 Å². The van der Waals surface area contributed by atoms with E-state index in [2.05, 4.69) is 20.3 Å². The first-order valence-electron chi connectivity index (χ1n) is 9.20. The molecule has 2 heterocycles. The zero-order chi connectivity index (χ0) is 21.6. The van der Waals surface area contributed by atoms with Crippen LogP contribution in [0.3, 0.4) is 0 Å². The van der Waals surface area contributed by atoms with Crippen LogP contribution < -0.4 is 20.5 Å². The van der Waals surface area contributed by atoms with E-state index in [1.54, 1.807) is 62.0 Å².